The Labute approximate surface area is 190 Å². The molecule has 0 aliphatic rings. The highest BCUT2D eigenvalue weighted by molar-refractivity contribution is 14.0. The lowest BCUT2D eigenvalue weighted by Crippen LogP contribution is -2.41. The molecule has 0 amide bonds. The summed E-state index contributed by atoms with van der Waals surface area (Å²) in [7, 11) is -3.20. The lowest BCUT2D eigenvalue weighted by molar-refractivity contribution is 0.476. The molecule has 2 aromatic rings. The van der Waals surface area contributed by atoms with Crippen LogP contribution in [0.3, 0.4) is 0 Å². The van der Waals surface area contributed by atoms with Crippen molar-refractivity contribution in [1.82, 2.24) is 15.4 Å². The van der Waals surface area contributed by atoms with Gasteiger partial charge in [-0.2, -0.15) is 0 Å². The molecule has 0 aromatic heterocycles. The number of ether oxygens (including phenoxy) is 1. The van der Waals surface area contributed by atoms with Crippen LogP contribution in [0.2, 0.25) is 0 Å². The molecule has 2 rings (SSSR count). The van der Waals surface area contributed by atoms with E-state index in [2.05, 4.69) is 20.3 Å². The van der Waals surface area contributed by atoms with Crippen molar-refractivity contribution in [2.24, 2.45) is 4.99 Å². The van der Waals surface area contributed by atoms with Crippen LogP contribution in [0.1, 0.15) is 18.1 Å². The third-order valence-electron chi connectivity index (χ3n) is 3.73. The van der Waals surface area contributed by atoms with Crippen LogP contribution in [-0.4, -0.2) is 40.3 Å². The van der Waals surface area contributed by atoms with E-state index in [0.717, 1.165) is 28.9 Å². The second-order valence-electron chi connectivity index (χ2n) is 6.31. The van der Waals surface area contributed by atoms with Crippen LogP contribution in [0.15, 0.2) is 53.5 Å². The first-order chi connectivity index (χ1) is 13.4. The Balaban J connectivity index is 0.00000420. The summed E-state index contributed by atoms with van der Waals surface area (Å²) in [6, 6.07) is 15.7. The maximum absolute atomic E-state index is 11.1. The molecular weight excluding hydrogens is 503 g/mol. The largest absolute Gasteiger partial charge is 0.457 e. The summed E-state index contributed by atoms with van der Waals surface area (Å²) in [4.78, 5) is 4.59. The Bertz CT molecular complexity index is 890. The van der Waals surface area contributed by atoms with Crippen LogP contribution in [0.4, 0.5) is 0 Å². The molecule has 0 aliphatic carbocycles. The van der Waals surface area contributed by atoms with Gasteiger partial charge in [-0.3, -0.25) is 0 Å². The zero-order valence-corrected chi connectivity index (χ0v) is 20.1. The predicted octanol–water partition coefficient (Wildman–Crippen LogP) is 3.01. The molecule has 0 unspecified atom stereocenters. The molecule has 9 heteroatoms. The monoisotopic (exact) mass is 532 g/mol. The zero-order valence-electron chi connectivity index (χ0n) is 16.9. The van der Waals surface area contributed by atoms with Crippen molar-refractivity contribution in [2.45, 2.75) is 20.4 Å². The van der Waals surface area contributed by atoms with Gasteiger partial charge in [-0.25, -0.2) is 18.1 Å². The maximum atomic E-state index is 11.1. The highest BCUT2D eigenvalue weighted by Crippen LogP contribution is 2.27. The lowest BCUT2D eigenvalue weighted by Gasteiger charge is -2.13. The Morgan fingerprint density at radius 2 is 1.79 bits per heavy atom. The van der Waals surface area contributed by atoms with Crippen molar-refractivity contribution >= 4 is 40.0 Å². The van der Waals surface area contributed by atoms with Gasteiger partial charge in [0.15, 0.2) is 5.96 Å². The molecule has 0 radical (unpaired) electrons. The Morgan fingerprint density at radius 1 is 1.07 bits per heavy atom. The van der Waals surface area contributed by atoms with Crippen LogP contribution in [0.5, 0.6) is 11.5 Å². The van der Waals surface area contributed by atoms with Gasteiger partial charge in [0.25, 0.3) is 0 Å². The number of hydrogen-bond acceptors (Lipinski definition) is 4. The SMILES string of the molecule is CCNC(=NCc1ccc(C)cc1Oc1ccccc1)NCCNS(C)(=O)=O.I. The third kappa shape index (κ3) is 9.95. The fraction of sp³-hybridized carbons (Fsp3) is 0.350. The second kappa shape index (κ2) is 12.7. The number of nitrogens with one attached hydrogen (secondary N) is 3. The molecule has 0 bridgehead atoms. The van der Waals surface area contributed by atoms with Crippen molar-refractivity contribution in [1.29, 1.82) is 0 Å². The van der Waals surface area contributed by atoms with E-state index in [9.17, 15) is 8.42 Å². The molecule has 0 heterocycles. The molecule has 29 heavy (non-hydrogen) atoms. The quantitative estimate of drug-likeness (QED) is 0.200. The van der Waals surface area contributed by atoms with Crippen LogP contribution < -0.4 is 20.1 Å². The number of aryl methyl sites for hydroxylation is 1. The second-order valence-corrected chi connectivity index (χ2v) is 8.15. The average Bonchev–Trinajstić information content (AvgIpc) is 2.64. The van der Waals surface area contributed by atoms with Gasteiger partial charge in [0, 0.05) is 25.2 Å². The number of nitrogens with zero attached hydrogens (tertiary/aromatic N) is 1. The molecule has 2 aromatic carbocycles. The first-order valence-corrected chi connectivity index (χ1v) is 11.1. The fourth-order valence-corrected chi connectivity index (χ4v) is 2.90. The van der Waals surface area contributed by atoms with Crippen molar-refractivity contribution in [3.63, 3.8) is 0 Å². The summed E-state index contributed by atoms with van der Waals surface area (Å²) in [5.41, 5.74) is 2.07. The van der Waals surface area contributed by atoms with E-state index in [4.69, 9.17) is 4.74 Å². The molecule has 0 saturated heterocycles. The molecule has 0 saturated carbocycles. The normalized spacial score (nSPS) is 11.5. The summed E-state index contributed by atoms with van der Waals surface area (Å²) < 4.78 is 30.7. The highest BCUT2D eigenvalue weighted by Gasteiger charge is 2.07. The number of guanidine groups is 1. The summed E-state index contributed by atoms with van der Waals surface area (Å²) in [5, 5.41) is 6.27. The number of sulfonamides is 1. The van der Waals surface area contributed by atoms with Crippen LogP contribution >= 0.6 is 24.0 Å². The van der Waals surface area contributed by atoms with Crippen molar-refractivity contribution < 1.29 is 13.2 Å². The average molecular weight is 532 g/mol. The molecule has 0 spiro atoms. The maximum Gasteiger partial charge on any atom is 0.208 e. The number of benzene rings is 2. The lowest BCUT2D eigenvalue weighted by atomic mass is 10.1. The van der Waals surface area contributed by atoms with Gasteiger partial charge in [0.2, 0.25) is 10.0 Å². The number of rotatable bonds is 9. The summed E-state index contributed by atoms with van der Waals surface area (Å²) in [6.07, 6.45) is 1.14. The van der Waals surface area contributed by atoms with Crippen molar-refractivity contribution in [2.75, 3.05) is 25.9 Å². The molecule has 3 N–H and O–H groups in total. The summed E-state index contributed by atoms with van der Waals surface area (Å²) >= 11 is 0. The van der Waals surface area contributed by atoms with Crippen LogP contribution in [0, 0.1) is 6.92 Å². The zero-order chi connectivity index (χ0) is 20.4. The predicted molar refractivity (Wildman–Crippen MR) is 129 cm³/mol. The van der Waals surface area contributed by atoms with E-state index in [1.165, 1.54) is 0 Å². The number of aliphatic imine (C=N–C) groups is 1. The van der Waals surface area contributed by atoms with E-state index in [0.29, 0.717) is 25.6 Å². The van der Waals surface area contributed by atoms with E-state index in [1.807, 2.05) is 62.4 Å². The minimum atomic E-state index is -3.20. The number of hydrogen-bond donors (Lipinski definition) is 3. The molecular formula is C20H29IN4O3S. The first kappa shape index (κ1) is 25.2. The van der Waals surface area contributed by atoms with Gasteiger partial charge in [-0.05, 0) is 37.6 Å². The van der Waals surface area contributed by atoms with Gasteiger partial charge in [-0.1, -0.05) is 30.3 Å². The van der Waals surface area contributed by atoms with Crippen LogP contribution in [0.25, 0.3) is 0 Å². The molecule has 7 nitrogen and oxygen atoms in total. The highest BCUT2D eigenvalue weighted by atomic mass is 127. The van der Waals surface area contributed by atoms with Crippen LogP contribution in [-0.2, 0) is 16.6 Å². The summed E-state index contributed by atoms with van der Waals surface area (Å²) in [6.45, 7) is 5.84. The minimum absolute atomic E-state index is 0. The Hall–Kier alpha value is -1.85. The minimum Gasteiger partial charge on any atom is -0.457 e. The molecule has 0 atom stereocenters. The number of halogens is 1. The molecule has 0 aliphatic heterocycles. The molecule has 0 fully saturated rings. The fourth-order valence-electron chi connectivity index (χ4n) is 2.43. The smallest absolute Gasteiger partial charge is 0.208 e. The Kier molecular flexibility index (Phi) is 11.0. The summed E-state index contributed by atoms with van der Waals surface area (Å²) in [5.74, 6) is 2.16. The van der Waals surface area contributed by atoms with Gasteiger partial charge < -0.3 is 15.4 Å². The van der Waals surface area contributed by atoms with E-state index >= 15 is 0 Å². The standard InChI is InChI=1S/C20H28N4O3S.HI/c1-4-21-20(22-12-13-24-28(3,25)26)23-15-17-11-10-16(2)14-19(17)27-18-8-6-5-7-9-18;/h5-11,14,24H,4,12-13,15H2,1-3H3,(H2,21,22,23);1H. The van der Waals surface area contributed by atoms with E-state index < -0.39 is 10.0 Å². The van der Waals surface area contributed by atoms with E-state index in [1.54, 1.807) is 0 Å². The van der Waals surface area contributed by atoms with Crippen molar-refractivity contribution in [3.05, 3.63) is 59.7 Å². The third-order valence-corrected chi connectivity index (χ3v) is 4.46. The molecule has 160 valence electrons. The van der Waals surface area contributed by atoms with E-state index in [-0.39, 0.29) is 30.5 Å². The van der Waals surface area contributed by atoms with Gasteiger partial charge in [0.05, 0.1) is 12.8 Å². The number of para-hydroxylation sites is 1. The Morgan fingerprint density at radius 3 is 2.45 bits per heavy atom. The topological polar surface area (TPSA) is 91.8 Å². The van der Waals surface area contributed by atoms with Crippen molar-refractivity contribution in [3.8, 4) is 11.5 Å². The van der Waals surface area contributed by atoms with Gasteiger partial charge >= 0.3 is 0 Å². The van der Waals surface area contributed by atoms with Gasteiger partial charge in [0.1, 0.15) is 11.5 Å². The van der Waals surface area contributed by atoms with Gasteiger partial charge in [-0.15, -0.1) is 24.0 Å². The first-order valence-electron chi connectivity index (χ1n) is 9.16.